The number of ether oxygens (including phenoxy) is 1. The predicted molar refractivity (Wildman–Crippen MR) is 77.8 cm³/mol. The highest BCUT2D eigenvalue weighted by Gasteiger charge is 2.29. The maximum atomic E-state index is 5.17. The molecule has 0 spiro atoms. The van der Waals surface area contributed by atoms with Crippen LogP contribution < -0.4 is 10.2 Å². The summed E-state index contributed by atoms with van der Waals surface area (Å²) >= 11 is 0. The third kappa shape index (κ3) is 3.28. The number of hydrogen-bond donors (Lipinski definition) is 1. The smallest absolute Gasteiger partial charge is 0.205 e. The average molecular weight is 266 g/mol. The van der Waals surface area contributed by atoms with Crippen LogP contribution in [0.2, 0.25) is 0 Å². The second-order valence-corrected chi connectivity index (χ2v) is 5.67. The Morgan fingerprint density at radius 3 is 2.68 bits per heavy atom. The molecule has 5 nitrogen and oxygen atoms in total. The first-order valence-corrected chi connectivity index (χ1v) is 7.04. The second kappa shape index (κ2) is 5.92. The molecule has 1 saturated heterocycles. The van der Waals surface area contributed by atoms with E-state index in [1.807, 2.05) is 0 Å². The highest BCUT2D eigenvalue weighted by molar-refractivity contribution is 5.34. The molecule has 1 aliphatic heterocycles. The summed E-state index contributed by atoms with van der Waals surface area (Å²) in [6.07, 6.45) is 4.42. The molecule has 5 heteroatoms. The topological polar surface area (TPSA) is 42.3 Å². The van der Waals surface area contributed by atoms with Crippen LogP contribution in [0.3, 0.4) is 0 Å². The number of methoxy groups -OCH3 is 1. The number of nitrogens with zero attached hydrogens (tertiary/aromatic N) is 3. The number of imidazole rings is 1. The Labute approximate surface area is 116 Å². The first-order valence-electron chi connectivity index (χ1n) is 7.04. The largest absolute Gasteiger partial charge is 0.383 e. The van der Waals surface area contributed by atoms with E-state index in [4.69, 9.17) is 4.74 Å². The van der Waals surface area contributed by atoms with Gasteiger partial charge in [0.05, 0.1) is 12.3 Å². The number of hydrogen-bond acceptors (Lipinski definition) is 4. The van der Waals surface area contributed by atoms with Gasteiger partial charge in [0.2, 0.25) is 5.95 Å². The van der Waals surface area contributed by atoms with Crippen LogP contribution in [0.25, 0.3) is 0 Å². The van der Waals surface area contributed by atoms with Crippen molar-refractivity contribution >= 4 is 5.95 Å². The average Bonchev–Trinajstić information content (AvgIpc) is 2.78. The molecule has 0 saturated carbocycles. The van der Waals surface area contributed by atoms with E-state index in [0.29, 0.717) is 0 Å². The minimum absolute atomic E-state index is 0.273. The van der Waals surface area contributed by atoms with Gasteiger partial charge in [-0.25, -0.2) is 4.98 Å². The summed E-state index contributed by atoms with van der Waals surface area (Å²) in [4.78, 5) is 7.06. The zero-order valence-electron chi connectivity index (χ0n) is 12.6. The summed E-state index contributed by atoms with van der Waals surface area (Å²) in [5.74, 6) is 1.09. The fourth-order valence-corrected chi connectivity index (χ4v) is 2.59. The number of anilines is 1. The Hall–Kier alpha value is -1.07. The van der Waals surface area contributed by atoms with Crippen LogP contribution in [0, 0.1) is 6.92 Å². The molecule has 0 bridgehead atoms. The van der Waals surface area contributed by atoms with Crippen LogP contribution in [0.15, 0.2) is 6.20 Å². The first-order chi connectivity index (χ1) is 9.08. The van der Waals surface area contributed by atoms with Gasteiger partial charge in [-0.1, -0.05) is 0 Å². The molecule has 2 heterocycles. The van der Waals surface area contributed by atoms with E-state index in [1.54, 1.807) is 7.11 Å². The van der Waals surface area contributed by atoms with Crippen LogP contribution in [0.5, 0.6) is 0 Å². The van der Waals surface area contributed by atoms with Gasteiger partial charge >= 0.3 is 0 Å². The molecule has 0 aromatic carbocycles. The van der Waals surface area contributed by atoms with E-state index in [-0.39, 0.29) is 5.54 Å². The summed E-state index contributed by atoms with van der Waals surface area (Å²) in [7, 11) is 3.79. The number of rotatable bonds is 5. The molecule has 1 fully saturated rings. The third-order valence-corrected chi connectivity index (χ3v) is 4.17. The molecular weight excluding hydrogens is 240 g/mol. The first kappa shape index (κ1) is 14.3. The molecule has 0 unspecified atom stereocenters. The molecule has 0 atom stereocenters. The Morgan fingerprint density at radius 1 is 1.42 bits per heavy atom. The summed E-state index contributed by atoms with van der Waals surface area (Å²) in [6, 6.07) is 0. The van der Waals surface area contributed by atoms with Gasteiger partial charge in [0.1, 0.15) is 0 Å². The minimum atomic E-state index is 0.273. The van der Waals surface area contributed by atoms with Crippen molar-refractivity contribution in [2.24, 2.45) is 0 Å². The van der Waals surface area contributed by atoms with Crippen molar-refractivity contribution in [1.82, 2.24) is 14.9 Å². The zero-order chi connectivity index (χ0) is 13.9. The molecule has 1 aromatic heterocycles. The standard InChI is InChI=1S/C14H26N4O/c1-12-11-18(9-10-19-4)13(16-12)17-7-5-14(2,15-3)6-8-17/h11,15H,5-10H2,1-4H3. The summed E-state index contributed by atoms with van der Waals surface area (Å²) in [5.41, 5.74) is 1.35. The van der Waals surface area contributed by atoms with Gasteiger partial charge < -0.3 is 19.5 Å². The highest BCUT2D eigenvalue weighted by atomic mass is 16.5. The van der Waals surface area contributed by atoms with E-state index < -0.39 is 0 Å². The fourth-order valence-electron chi connectivity index (χ4n) is 2.59. The second-order valence-electron chi connectivity index (χ2n) is 5.67. The quantitative estimate of drug-likeness (QED) is 0.875. The summed E-state index contributed by atoms with van der Waals surface area (Å²) in [6.45, 7) is 8.06. The van der Waals surface area contributed by atoms with Gasteiger partial charge in [0, 0.05) is 38.5 Å². The van der Waals surface area contributed by atoms with E-state index in [2.05, 4.69) is 46.9 Å². The molecule has 1 N–H and O–H groups in total. The molecule has 108 valence electrons. The summed E-state index contributed by atoms with van der Waals surface area (Å²) in [5, 5.41) is 3.43. The monoisotopic (exact) mass is 266 g/mol. The Morgan fingerprint density at radius 2 is 2.11 bits per heavy atom. The van der Waals surface area contributed by atoms with E-state index >= 15 is 0 Å². The maximum Gasteiger partial charge on any atom is 0.205 e. The van der Waals surface area contributed by atoms with Crippen LogP contribution in [-0.4, -0.2) is 48.9 Å². The molecule has 1 aliphatic rings. The van der Waals surface area contributed by atoms with Crippen molar-refractivity contribution in [3.05, 3.63) is 11.9 Å². The molecule has 1 aromatic rings. The SMILES string of the molecule is CNC1(C)CCN(c2nc(C)cn2CCOC)CC1. The molecule has 0 aliphatic carbocycles. The van der Waals surface area contributed by atoms with Crippen LogP contribution in [0.1, 0.15) is 25.5 Å². The molecule has 0 radical (unpaired) electrons. The lowest BCUT2D eigenvalue weighted by molar-refractivity contribution is 0.187. The molecular formula is C14H26N4O. The van der Waals surface area contributed by atoms with Crippen molar-refractivity contribution in [1.29, 1.82) is 0 Å². The summed E-state index contributed by atoms with van der Waals surface area (Å²) < 4.78 is 7.38. The number of aromatic nitrogens is 2. The van der Waals surface area contributed by atoms with E-state index in [9.17, 15) is 0 Å². The normalized spacial score (nSPS) is 18.8. The third-order valence-electron chi connectivity index (χ3n) is 4.17. The number of aryl methyl sites for hydroxylation is 1. The molecule has 2 rings (SSSR count). The zero-order valence-corrected chi connectivity index (χ0v) is 12.6. The van der Waals surface area contributed by atoms with Crippen molar-refractivity contribution in [3.8, 4) is 0 Å². The predicted octanol–water partition coefficient (Wildman–Crippen LogP) is 1.42. The van der Waals surface area contributed by atoms with Crippen LogP contribution in [-0.2, 0) is 11.3 Å². The maximum absolute atomic E-state index is 5.17. The van der Waals surface area contributed by atoms with Gasteiger partial charge in [0.25, 0.3) is 0 Å². The lowest BCUT2D eigenvalue weighted by Crippen LogP contribution is -2.50. The van der Waals surface area contributed by atoms with Crippen molar-refractivity contribution < 1.29 is 4.74 Å². The lowest BCUT2D eigenvalue weighted by Gasteiger charge is -2.39. The number of nitrogens with one attached hydrogen (secondary N) is 1. The van der Waals surface area contributed by atoms with Crippen molar-refractivity contribution in [2.45, 2.75) is 38.8 Å². The van der Waals surface area contributed by atoms with Gasteiger partial charge in [-0.15, -0.1) is 0 Å². The minimum Gasteiger partial charge on any atom is -0.383 e. The van der Waals surface area contributed by atoms with Crippen LogP contribution in [0.4, 0.5) is 5.95 Å². The molecule has 19 heavy (non-hydrogen) atoms. The van der Waals surface area contributed by atoms with Gasteiger partial charge in [-0.3, -0.25) is 0 Å². The Kier molecular flexibility index (Phi) is 4.47. The van der Waals surface area contributed by atoms with Gasteiger partial charge in [-0.2, -0.15) is 0 Å². The van der Waals surface area contributed by atoms with E-state index in [1.165, 1.54) is 0 Å². The molecule has 0 amide bonds. The van der Waals surface area contributed by atoms with Gasteiger partial charge in [0.15, 0.2) is 0 Å². The Bertz CT molecular complexity index is 408. The van der Waals surface area contributed by atoms with Crippen LogP contribution >= 0.6 is 0 Å². The van der Waals surface area contributed by atoms with Gasteiger partial charge in [-0.05, 0) is 33.7 Å². The Balaban J connectivity index is 2.06. The fraction of sp³-hybridized carbons (Fsp3) is 0.786. The van der Waals surface area contributed by atoms with E-state index in [0.717, 1.165) is 50.7 Å². The van der Waals surface area contributed by atoms with Crippen molar-refractivity contribution in [3.63, 3.8) is 0 Å². The van der Waals surface area contributed by atoms with Crippen molar-refractivity contribution in [2.75, 3.05) is 38.8 Å². The highest BCUT2D eigenvalue weighted by Crippen LogP contribution is 2.25. The number of piperidine rings is 1. The lowest BCUT2D eigenvalue weighted by atomic mass is 9.90.